The van der Waals surface area contributed by atoms with E-state index in [2.05, 4.69) is 48.5 Å². The number of hydrogen-bond donors (Lipinski definition) is 3. The summed E-state index contributed by atoms with van der Waals surface area (Å²) in [4.78, 5) is 72.7. The van der Waals surface area contributed by atoms with Crippen LogP contribution in [-0.2, 0) is 65.4 Å². The fraction of sp³-hybridized carbons (Fsp3) is 0.946. The van der Waals surface area contributed by atoms with Crippen LogP contribution in [0.25, 0.3) is 0 Å². The second-order valence-electron chi connectivity index (χ2n) is 27.9. The first-order valence-corrected chi connectivity index (χ1v) is 41.4. The lowest BCUT2D eigenvalue weighted by Gasteiger charge is -2.21. The monoisotopic (exact) mass is 1370 g/mol. The number of aliphatic hydroxyl groups is 1. The lowest BCUT2D eigenvalue weighted by molar-refractivity contribution is -0.161. The molecule has 0 radical (unpaired) electrons. The molecule has 3 N–H and O–H groups in total. The molecule has 0 bridgehead atoms. The molecule has 0 saturated carbocycles. The van der Waals surface area contributed by atoms with Gasteiger partial charge in [-0.2, -0.15) is 0 Å². The minimum absolute atomic E-state index is 0.106. The summed E-state index contributed by atoms with van der Waals surface area (Å²) < 4.78 is 68.4. The topological polar surface area (TPSA) is 237 Å². The smallest absolute Gasteiger partial charge is 0.462 e. The van der Waals surface area contributed by atoms with Gasteiger partial charge < -0.3 is 33.8 Å². The van der Waals surface area contributed by atoms with Gasteiger partial charge in [-0.05, 0) is 43.4 Å². The summed E-state index contributed by atoms with van der Waals surface area (Å²) in [5.41, 5.74) is 0. The Morgan fingerprint density at radius 3 is 0.817 bits per heavy atom. The molecule has 0 aliphatic rings. The number of unbranched alkanes of at least 4 members (excludes halogenated alkanes) is 39. The number of carbonyl (C=O) groups is 4. The second kappa shape index (κ2) is 64.7. The van der Waals surface area contributed by atoms with Crippen LogP contribution < -0.4 is 0 Å². The van der Waals surface area contributed by atoms with Gasteiger partial charge in [0, 0.05) is 25.7 Å². The van der Waals surface area contributed by atoms with Gasteiger partial charge in [-0.15, -0.1) is 0 Å². The molecule has 0 aromatic heterocycles. The van der Waals surface area contributed by atoms with E-state index in [1.165, 1.54) is 180 Å². The van der Waals surface area contributed by atoms with Crippen molar-refractivity contribution in [2.45, 2.75) is 394 Å². The van der Waals surface area contributed by atoms with E-state index < -0.39 is 97.5 Å². The zero-order valence-electron chi connectivity index (χ0n) is 60.7. The number of phosphoric acid groups is 2. The van der Waals surface area contributed by atoms with Gasteiger partial charge in [0.1, 0.15) is 19.3 Å². The highest BCUT2D eigenvalue weighted by Gasteiger charge is 2.30. The van der Waals surface area contributed by atoms with Crippen molar-refractivity contribution in [2.24, 2.45) is 17.8 Å². The molecule has 6 atom stereocenters. The van der Waals surface area contributed by atoms with Gasteiger partial charge >= 0.3 is 39.5 Å². The van der Waals surface area contributed by atoms with Crippen LogP contribution in [0.1, 0.15) is 376 Å². The van der Waals surface area contributed by atoms with Gasteiger partial charge in [0.05, 0.1) is 26.4 Å². The average Bonchev–Trinajstić information content (AvgIpc) is 1.65. The van der Waals surface area contributed by atoms with Crippen LogP contribution in [0.2, 0.25) is 0 Å². The van der Waals surface area contributed by atoms with Crippen molar-refractivity contribution in [1.29, 1.82) is 0 Å². The molecule has 0 aromatic carbocycles. The molecule has 17 nitrogen and oxygen atoms in total. The van der Waals surface area contributed by atoms with Crippen molar-refractivity contribution in [3.05, 3.63) is 0 Å². The largest absolute Gasteiger partial charge is 0.472 e. The number of phosphoric ester groups is 2. The summed E-state index contributed by atoms with van der Waals surface area (Å²) in [5, 5.41) is 10.6. The molecule has 93 heavy (non-hydrogen) atoms. The summed E-state index contributed by atoms with van der Waals surface area (Å²) in [7, 11) is -9.91. The fourth-order valence-corrected chi connectivity index (χ4v) is 12.8. The molecular weight excluding hydrogens is 1220 g/mol. The van der Waals surface area contributed by atoms with E-state index >= 15 is 0 Å². The maximum absolute atomic E-state index is 13.1. The van der Waals surface area contributed by atoms with Crippen molar-refractivity contribution in [2.75, 3.05) is 39.6 Å². The van der Waals surface area contributed by atoms with Crippen LogP contribution in [0.3, 0.4) is 0 Å². The molecule has 0 aliphatic carbocycles. The van der Waals surface area contributed by atoms with Crippen LogP contribution in [0.5, 0.6) is 0 Å². The van der Waals surface area contributed by atoms with Crippen LogP contribution in [0.15, 0.2) is 0 Å². The molecule has 0 rings (SSSR count). The summed E-state index contributed by atoms with van der Waals surface area (Å²) >= 11 is 0. The zero-order valence-corrected chi connectivity index (χ0v) is 62.5. The van der Waals surface area contributed by atoms with Gasteiger partial charge in [-0.3, -0.25) is 37.3 Å². The Balaban J connectivity index is 5.24. The molecule has 3 unspecified atom stereocenters. The van der Waals surface area contributed by atoms with Crippen LogP contribution in [0.4, 0.5) is 0 Å². The highest BCUT2D eigenvalue weighted by atomic mass is 31.2. The number of carbonyl (C=O) groups excluding carboxylic acids is 4. The summed E-state index contributed by atoms with van der Waals surface area (Å²) in [6.45, 7) is 11.9. The molecule has 0 saturated heterocycles. The molecule has 19 heteroatoms. The van der Waals surface area contributed by atoms with Gasteiger partial charge in [-0.1, -0.05) is 325 Å². The number of rotatable bonds is 72. The van der Waals surface area contributed by atoms with E-state index in [4.69, 9.17) is 37.0 Å². The number of esters is 4. The van der Waals surface area contributed by atoms with Crippen LogP contribution >= 0.6 is 15.6 Å². The number of ether oxygens (including phenoxy) is 4. The third-order valence-corrected chi connectivity index (χ3v) is 19.4. The Kier molecular flexibility index (Phi) is 63.4. The first-order chi connectivity index (χ1) is 44.8. The van der Waals surface area contributed by atoms with Crippen LogP contribution in [0, 0.1) is 17.8 Å². The van der Waals surface area contributed by atoms with Crippen molar-refractivity contribution >= 4 is 39.5 Å². The Labute approximate surface area is 568 Å². The zero-order chi connectivity index (χ0) is 68.7. The average molecular weight is 1370 g/mol. The Morgan fingerprint density at radius 2 is 0.548 bits per heavy atom. The van der Waals surface area contributed by atoms with Crippen molar-refractivity contribution < 1.29 is 80.2 Å². The van der Waals surface area contributed by atoms with Gasteiger partial charge in [0.25, 0.3) is 0 Å². The normalized spacial score (nSPS) is 14.4. The van der Waals surface area contributed by atoms with E-state index in [1.807, 2.05) is 0 Å². The molecular formula is C74H144O17P2. The van der Waals surface area contributed by atoms with Crippen molar-refractivity contribution in [1.82, 2.24) is 0 Å². The van der Waals surface area contributed by atoms with Gasteiger partial charge in [-0.25, -0.2) is 9.13 Å². The first-order valence-electron chi connectivity index (χ1n) is 38.4. The molecule has 0 amide bonds. The Hall–Kier alpha value is -1.94. The molecule has 0 fully saturated rings. The maximum Gasteiger partial charge on any atom is 0.472 e. The van der Waals surface area contributed by atoms with E-state index in [0.29, 0.717) is 31.6 Å². The van der Waals surface area contributed by atoms with E-state index in [1.54, 1.807) is 0 Å². The van der Waals surface area contributed by atoms with Crippen molar-refractivity contribution in [3.8, 4) is 0 Å². The van der Waals surface area contributed by atoms with E-state index in [-0.39, 0.29) is 25.7 Å². The predicted octanol–water partition coefficient (Wildman–Crippen LogP) is 21.4. The third kappa shape index (κ3) is 67.0. The second-order valence-corrected chi connectivity index (χ2v) is 30.8. The van der Waals surface area contributed by atoms with Crippen LogP contribution in [-0.4, -0.2) is 96.7 Å². The van der Waals surface area contributed by atoms with Crippen molar-refractivity contribution in [3.63, 3.8) is 0 Å². The SMILES string of the molecule is CCCCCCCCCCCCCC(=O)O[C@H](COC(=O)CCCCCCCCCC(C)C)COP(=O)(O)OC[C@H](O)COP(=O)(O)OC[C@@H](COC(=O)CCCCCCCCCCCCC(C)CC)OC(=O)CCCCCCCCCCCCCCCCCC(C)C. The standard InChI is InChI=1S/C74H144O17P2/c1-8-10-11-12-13-14-20-28-35-43-50-57-73(78)91-70(62-85-72(77)56-49-42-37-30-32-39-46-53-66(5)6)64-89-93(82,83)87-60-68(75)59-86-92(80,81)88-63-69(61-84-71(76)55-48-41-34-27-24-23-26-33-40-47-54-67(7)9-2)90-74(79)58-51-44-36-29-22-19-17-15-16-18-21-25-31-38-45-52-65(3)4/h65-70,75H,8-64H2,1-7H3,(H,80,81)(H,82,83)/t67?,68-,69-,70-/m1/s1. The quantitative estimate of drug-likeness (QED) is 0.0222. The number of hydrogen-bond acceptors (Lipinski definition) is 15. The minimum atomic E-state index is -4.96. The summed E-state index contributed by atoms with van der Waals surface area (Å²) in [6, 6.07) is 0. The predicted molar refractivity (Wildman–Crippen MR) is 377 cm³/mol. The Bertz CT molecular complexity index is 1820. The maximum atomic E-state index is 13.1. The molecule has 0 spiro atoms. The minimum Gasteiger partial charge on any atom is -0.462 e. The van der Waals surface area contributed by atoms with Gasteiger partial charge in [0.15, 0.2) is 12.2 Å². The molecule has 0 heterocycles. The lowest BCUT2D eigenvalue weighted by Crippen LogP contribution is -2.30. The summed E-state index contributed by atoms with van der Waals surface area (Å²) in [6.07, 6.45) is 49.9. The van der Waals surface area contributed by atoms with E-state index in [0.717, 1.165) is 108 Å². The molecule has 0 aromatic rings. The van der Waals surface area contributed by atoms with Gasteiger partial charge in [0.2, 0.25) is 0 Å². The Morgan fingerprint density at radius 1 is 0.312 bits per heavy atom. The van der Waals surface area contributed by atoms with E-state index in [9.17, 15) is 43.2 Å². The third-order valence-electron chi connectivity index (χ3n) is 17.5. The first kappa shape index (κ1) is 91.1. The highest BCUT2D eigenvalue weighted by molar-refractivity contribution is 7.47. The molecule has 552 valence electrons. The number of aliphatic hydroxyl groups excluding tert-OH is 1. The highest BCUT2D eigenvalue weighted by Crippen LogP contribution is 2.45. The fourth-order valence-electron chi connectivity index (χ4n) is 11.2. The molecule has 0 aliphatic heterocycles. The summed E-state index contributed by atoms with van der Waals surface area (Å²) in [5.74, 6) is 0.197. The lowest BCUT2D eigenvalue weighted by atomic mass is 9.99.